The monoisotopic (exact) mass is 384 g/mol. The van der Waals surface area contributed by atoms with E-state index in [1.54, 1.807) is 40.0 Å². The summed E-state index contributed by atoms with van der Waals surface area (Å²) in [5, 5.41) is 5.62. The molecule has 2 aromatic carbocycles. The third-order valence-corrected chi connectivity index (χ3v) is 3.92. The fourth-order valence-electron chi connectivity index (χ4n) is 2.62. The lowest BCUT2D eigenvalue weighted by Crippen LogP contribution is -2.33. The second-order valence-electron chi connectivity index (χ2n) is 7.37. The van der Waals surface area contributed by atoms with Crippen LogP contribution < -0.4 is 15.4 Å². The molecule has 6 nitrogen and oxygen atoms in total. The van der Waals surface area contributed by atoms with Crippen molar-refractivity contribution in [1.82, 2.24) is 10.6 Å². The number of ether oxygens (including phenoxy) is 2. The number of carbonyl (C=O) groups is 2. The highest BCUT2D eigenvalue weighted by Crippen LogP contribution is 2.13. The van der Waals surface area contributed by atoms with Crippen LogP contribution in [0.3, 0.4) is 0 Å². The van der Waals surface area contributed by atoms with Crippen LogP contribution in [0.15, 0.2) is 48.5 Å². The summed E-state index contributed by atoms with van der Waals surface area (Å²) in [5.41, 5.74) is 1.78. The van der Waals surface area contributed by atoms with Gasteiger partial charge in [-0.05, 0) is 56.5 Å². The minimum absolute atomic E-state index is 0.176. The summed E-state index contributed by atoms with van der Waals surface area (Å²) in [7, 11) is 1.63. The smallest absolute Gasteiger partial charge is 0.407 e. The molecule has 0 heterocycles. The van der Waals surface area contributed by atoms with Gasteiger partial charge < -0.3 is 20.1 Å². The van der Waals surface area contributed by atoms with E-state index in [2.05, 4.69) is 10.6 Å². The van der Waals surface area contributed by atoms with Gasteiger partial charge in [-0.2, -0.15) is 0 Å². The highest BCUT2D eigenvalue weighted by atomic mass is 16.6. The van der Waals surface area contributed by atoms with Gasteiger partial charge in [0.15, 0.2) is 0 Å². The molecule has 2 N–H and O–H groups in total. The lowest BCUT2D eigenvalue weighted by atomic mass is 10.1. The van der Waals surface area contributed by atoms with Crippen molar-refractivity contribution in [3.05, 3.63) is 65.2 Å². The van der Waals surface area contributed by atoms with Gasteiger partial charge in [-0.15, -0.1) is 0 Å². The van der Waals surface area contributed by atoms with Crippen LogP contribution in [0.2, 0.25) is 0 Å². The predicted octanol–water partition coefficient (Wildman–Crippen LogP) is 3.69. The van der Waals surface area contributed by atoms with Gasteiger partial charge in [0, 0.05) is 18.7 Å². The van der Waals surface area contributed by atoms with Crippen LogP contribution in [-0.2, 0) is 17.7 Å². The maximum Gasteiger partial charge on any atom is 0.407 e. The van der Waals surface area contributed by atoms with Crippen LogP contribution in [0, 0.1) is 0 Å². The van der Waals surface area contributed by atoms with Crippen LogP contribution in [0.25, 0.3) is 0 Å². The van der Waals surface area contributed by atoms with Crippen LogP contribution in [0.4, 0.5) is 4.79 Å². The van der Waals surface area contributed by atoms with Crippen molar-refractivity contribution in [2.45, 2.75) is 39.3 Å². The molecule has 0 aliphatic rings. The molecule has 2 amide bonds. The number of hydrogen-bond donors (Lipinski definition) is 2. The Morgan fingerprint density at radius 2 is 1.75 bits per heavy atom. The van der Waals surface area contributed by atoms with E-state index in [-0.39, 0.29) is 12.5 Å². The Kier molecular flexibility index (Phi) is 7.44. The van der Waals surface area contributed by atoms with Gasteiger partial charge in [0.1, 0.15) is 11.4 Å². The molecule has 0 fully saturated rings. The molecular formula is C22H28N2O4. The van der Waals surface area contributed by atoms with E-state index < -0.39 is 11.7 Å². The van der Waals surface area contributed by atoms with Crippen molar-refractivity contribution in [2.75, 3.05) is 13.7 Å². The molecule has 2 aromatic rings. The number of nitrogens with one attached hydrogen (secondary N) is 2. The molecule has 6 heteroatoms. The Bertz CT molecular complexity index is 812. The average Bonchev–Trinajstić information content (AvgIpc) is 2.65. The Labute approximate surface area is 166 Å². The molecule has 0 bridgehead atoms. The van der Waals surface area contributed by atoms with Crippen LogP contribution in [-0.4, -0.2) is 31.3 Å². The Balaban J connectivity index is 1.91. The summed E-state index contributed by atoms with van der Waals surface area (Å²) in [5.74, 6) is 0.617. The molecule has 150 valence electrons. The van der Waals surface area contributed by atoms with Crippen molar-refractivity contribution < 1.29 is 19.1 Å². The maximum absolute atomic E-state index is 12.6. The quantitative estimate of drug-likeness (QED) is 0.763. The summed E-state index contributed by atoms with van der Waals surface area (Å²) in [6, 6.07) is 14.9. The molecular weight excluding hydrogens is 356 g/mol. The normalized spacial score (nSPS) is 10.9. The van der Waals surface area contributed by atoms with Crippen LogP contribution in [0.1, 0.15) is 42.3 Å². The molecule has 0 aliphatic carbocycles. The third-order valence-electron chi connectivity index (χ3n) is 3.92. The lowest BCUT2D eigenvalue weighted by Gasteiger charge is -2.20. The summed E-state index contributed by atoms with van der Waals surface area (Å²) in [6.45, 7) is 6.12. The van der Waals surface area contributed by atoms with Gasteiger partial charge in [0.25, 0.3) is 5.91 Å². The lowest BCUT2D eigenvalue weighted by molar-refractivity contribution is 0.0522. The molecule has 0 spiro atoms. The SMILES string of the molecule is COc1cccc(CCNC(=O)c2ccccc2CNC(=O)OC(C)(C)C)c1. The number of rotatable bonds is 7. The molecule has 0 unspecified atom stereocenters. The van der Waals surface area contributed by atoms with Crippen LogP contribution in [0.5, 0.6) is 5.75 Å². The molecule has 0 aliphatic heterocycles. The van der Waals surface area contributed by atoms with Crippen molar-refractivity contribution in [3.63, 3.8) is 0 Å². The fourth-order valence-corrected chi connectivity index (χ4v) is 2.62. The Hall–Kier alpha value is -3.02. The first-order valence-electron chi connectivity index (χ1n) is 9.24. The number of carbonyl (C=O) groups excluding carboxylic acids is 2. The zero-order valence-corrected chi connectivity index (χ0v) is 16.9. The first-order chi connectivity index (χ1) is 13.3. The standard InChI is InChI=1S/C22H28N2O4/c1-22(2,3)28-21(26)24-15-17-9-5-6-11-19(17)20(25)23-13-12-16-8-7-10-18(14-16)27-4/h5-11,14H,12-13,15H2,1-4H3,(H,23,25)(H,24,26). The van der Waals surface area contributed by atoms with E-state index in [0.717, 1.165) is 16.9 Å². The zero-order chi connectivity index (χ0) is 20.6. The summed E-state index contributed by atoms with van der Waals surface area (Å²) >= 11 is 0. The number of methoxy groups -OCH3 is 1. The maximum atomic E-state index is 12.6. The van der Waals surface area contributed by atoms with Gasteiger partial charge in [-0.3, -0.25) is 4.79 Å². The van der Waals surface area contributed by atoms with Crippen molar-refractivity contribution in [1.29, 1.82) is 0 Å². The number of alkyl carbamates (subject to hydrolysis) is 1. The molecule has 28 heavy (non-hydrogen) atoms. The van der Waals surface area contributed by atoms with Crippen molar-refractivity contribution >= 4 is 12.0 Å². The van der Waals surface area contributed by atoms with E-state index >= 15 is 0 Å². The Morgan fingerprint density at radius 1 is 1.00 bits per heavy atom. The molecule has 0 atom stereocenters. The fraction of sp³-hybridized carbons (Fsp3) is 0.364. The largest absolute Gasteiger partial charge is 0.497 e. The van der Waals surface area contributed by atoms with E-state index in [1.807, 2.05) is 36.4 Å². The van der Waals surface area contributed by atoms with E-state index in [4.69, 9.17) is 9.47 Å². The van der Waals surface area contributed by atoms with E-state index in [9.17, 15) is 9.59 Å². The Morgan fingerprint density at radius 3 is 2.46 bits per heavy atom. The molecule has 2 rings (SSSR count). The predicted molar refractivity (Wildman–Crippen MR) is 109 cm³/mol. The number of hydrogen-bond acceptors (Lipinski definition) is 4. The van der Waals surface area contributed by atoms with E-state index in [0.29, 0.717) is 18.5 Å². The first-order valence-corrected chi connectivity index (χ1v) is 9.24. The average molecular weight is 384 g/mol. The van der Waals surface area contributed by atoms with Gasteiger partial charge in [0.2, 0.25) is 0 Å². The summed E-state index contributed by atoms with van der Waals surface area (Å²) < 4.78 is 10.4. The molecule has 0 aromatic heterocycles. The minimum atomic E-state index is -0.568. The number of benzene rings is 2. The third kappa shape index (κ3) is 6.95. The zero-order valence-electron chi connectivity index (χ0n) is 16.9. The molecule has 0 radical (unpaired) electrons. The molecule has 0 saturated heterocycles. The topological polar surface area (TPSA) is 76.7 Å². The second kappa shape index (κ2) is 9.78. The van der Waals surface area contributed by atoms with Gasteiger partial charge in [0.05, 0.1) is 7.11 Å². The van der Waals surface area contributed by atoms with Gasteiger partial charge in [-0.1, -0.05) is 30.3 Å². The van der Waals surface area contributed by atoms with Crippen molar-refractivity contribution in [3.8, 4) is 5.75 Å². The van der Waals surface area contributed by atoms with E-state index in [1.165, 1.54) is 0 Å². The summed E-state index contributed by atoms with van der Waals surface area (Å²) in [4.78, 5) is 24.4. The molecule has 0 saturated carbocycles. The second-order valence-corrected chi connectivity index (χ2v) is 7.37. The highest BCUT2D eigenvalue weighted by molar-refractivity contribution is 5.95. The van der Waals surface area contributed by atoms with Gasteiger partial charge >= 0.3 is 6.09 Å². The van der Waals surface area contributed by atoms with Gasteiger partial charge in [-0.25, -0.2) is 4.79 Å². The highest BCUT2D eigenvalue weighted by Gasteiger charge is 2.17. The summed E-state index contributed by atoms with van der Waals surface area (Å²) in [6.07, 6.45) is 0.182. The first kappa shape index (κ1) is 21.3. The minimum Gasteiger partial charge on any atom is -0.497 e. The van der Waals surface area contributed by atoms with Crippen molar-refractivity contribution in [2.24, 2.45) is 0 Å². The number of amides is 2. The van der Waals surface area contributed by atoms with Crippen LogP contribution >= 0.6 is 0 Å².